The van der Waals surface area contributed by atoms with Gasteiger partial charge in [-0.05, 0) is 122 Å². The van der Waals surface area contributed by atoms with Gasteiger partial charge in [0.05, 0.1) is 34.8 Å². The second-order valence-electron chi connectivity index (χ2n) is 17.3. The van der Waals surface area contributed by atoms with Crippen LogP contribution in [0.4, 0.5) is 26.5 Å². The number of Topliss-reactive ketones (excluding diaryl/α,β-unsaturated/α-hetero) is 2. The average molecular weight is 900 g/mol. The Hall–Kier alpha value is -6.54. The summed E-state index contributed by atoms with van der Waals surface area (Å²) in [6.07, 6.45) is 8.79. The third kappa shape index (κ3) is 13.7. The molecule has 2 aromatic carbocycles. The number of hydrogen-bond acceptors (Lipinski definition) is 12. The number of halogens is 2. The quantitative estimate of drug-likeness (QED) is 0.0621. The Morgan fingerprint density at radius 3 is 1.65 bits per heavy atom. The number of methoxy groups -OCH3 is 1. The third-order valence-corrected chi connectivity index (χ3v) is 10.9. The van der Waals surface area contributed by atoms with Gasteiger partial charge in [-0.3, -0.25) is 14.6 Å². The van der Waals surface area contributed by atoms with Gasteiger partial charge in [-0.25, -0.2) is 33.7 Å². The van der Waals surface area contributed by atoms with E-state index in [1.807, 2.05) is 38.2 Å². The second-order valence-corrected chi connectivity index (χ2v) is 17.3. The Kier molecular flexibility index (Phi) is 18.0. The molecule has 4 heterocycles. The fourth-order valence-corrected chi connectivity index (χ4v) is 7.05. The van der Waals surface area contributed by atoms with Crippen LogP contribution in [0.3, 0.4) is 0 Å². The van der Waals surface area contributed by atoms with Crippen LogP contribution in [-0.2, 0) is 11.2 Å². The van der Waals surface area contributed by atoms with E-state index >= 15 is 0 Å². The van der Waals surface area contributed by atoms with E-state index in [9.17, 15) is 18.4 Å². The van der Waals surface area contributed by atoms with Crippen molar-refractivity contribution in [3.63, 3.8) is 0 Å². The molecule has 1 saturated carbocycles. The van der Waals surface area contributed by atoms with Gasteiger partial charge in [0.1, 0.15) is 17.5 Å². The number of rotatable bonds is 16. The van der Waals surface area contributed by atoms with Crippen molar-refractivity contribution in [1.82, 2.24) is 29.9 Å². The van der Waals surface area contributed by atoms with Crippen LogP contribution in [0.15, 0.2) is 79.3 Å². The molecule has 0 aliphatic heterocycles. The largest absolute Gasteiger partial charge is 0.384 e. The second kappa shape index (κ2) is 23.6. The molecule has 0 amide bonds. The molecule has 0 saturated heterocycles. The van der Waals surface area contributed by atoms with E-state index in [-0.39, 0.29) is 34.5 Å². The molecule has 1 fully saturated rings. The number of ketones is 2. The van der Waals surface area contributed by atoms with Gasteiger partial charge in [0, 0.05) is 61.2 Å². The minimum atomic E-state index is -0.517. The molecule has 0 spiro atoms. The number of nitrogens with zero attached hydrogens (tertiary/aromatic N) is 6. The topological polar surface area (TPSA) is 171 Å². The lowest BCUT2D eigenvalue weighted by atomic mass is 9.97. The molecule has 4 aromatic heterocycles. The van der Waals surface area contributed by atoms with E-state index in [1.165, 1.54) is 38.8 Å². The van der Waals surface area contributed by atoms with Gasteiger partial charge < -0.3 is 21.1 Å². The first-order valence-electron chi connectivity index (χ1n) is 22.5. The van der Waals surface area contributed by atoms with Gasteiger partial charge in [0.15, 0.2) is 11.6 Å². The van der Waals surface area contributed by atoms with Crippen molar-refractivity contribution < 1.29 is 23.1 Å². The van der Waals surface area contributed by atoms with Crippen molar-refractivity contribution in [2.45, 2.75) is 99.3 Å². The smallest absolute Gasteiger partial charge is 0.222 e. The molecule has 14 heteroatoms. The highest BCUT2D eigenvalue weighted by Crippen LogP contribution is 2.33. The van der Waals surface area contributed by atoms with Crippen molar-refractivity contribution in [2.75, 3.05) is 43.2 Å². The maximum atomic E-state index is 13.8. The van der Waals surface area contributed by atoms with Gasteiger partial charge in [0.2, 0.25) is 11.9 Å². The summed E-state index contributed by atoms with van der Waals surface area (Å²) >= 11 is 0. The van der Waals surface area contributed by atoms with E-state index in [0.717, 1.165) is 75.0 Å². The van der Waals surface area contributed by atoms with E-state index < -0.39 is 11.6 Å². The number of nitrogens with two attached hydrogens (primary N) is 1. The molecular weight excluding hydrogens is 837 g/mol. The number of aryl methyl sites for hydroxylation is 1. The number of hydrogen-bond donors (Lipinski definition) is 3. The van der Waals surface area contributed by atoms with Crippen LogP contribution in [0.1, 0.15) is 136 Å². The zero-order chi connectivity index (χ0) is 48.1. The minimum absolute atomic E-state index is 0.0736. The predicted molar refractivity (Wildman–Crippen MR) is 260 cm³/mol. The Balaban J connectivity index is 0.000000188. The molecule has 0 bridgehead atoms. The summed E-state index contributed by atoms with van der Waals surface area (Å²) < 4.78 is 32.5. The fourth-order valence-electron chi connectivity index (χ4n) is 7.05. The molecule has 6 aromatic rings. The van der Waals surface area contributed by atoms with Crippen LogP contribution in [0.5, 0.6) is 0 Å². The molecule has 1 aliphatic rings. The zero-order valence-electron chi connectivity index (χ0n) is 39.8. The number of nitrogens with one attached hydrogen (secondary N) is 2. The Morgan fingerprint density at radius 1 is 0.682 bits per heavy atom. The highest BCUT2D eigenvalue weighted by Gasteiger charge is 2.22. The zero-order valence-corrected chi connectivity index (χ0v) is 39.8. The van der Waals surface area contributed by atoms with Gasteiger partial charge >= 0.3 is 0 Å². The fraction of sp³-hybridized carbons (Fsp3) is 0.385. The van der Waals surface area contributed by atoms with Crippen molar-refractivity contribution in [3.05, 3.63) is 125 Å². The highest BCUT2D eigenvalue weighted by atomic mass is 19.1. The van der Waals surface area contributed by atoms with E-state index in [2.05, 4.69) is 81.2 Å². The predicted octanol–water partition coefficient (Wildman–Crippen LogP) is 11.5. The standard InChI is InChI=1S/C19H22FN3O.C18H22FN3O2.C15H19N3/c1-11(2)18-16(10-22-19(23-18)21-9-13-4-5-13)14-6-7-17(20)15(8-14)12(3)24;1-11(2)17-15(10-21-18(22-17)20-7-8-24-4)13-5-6-16(19)14(9-13)12(3)23;1-4-12-9-11(7-8-17-12)13-5-6-14(16)18-15(13)10(2)3/h6-8,10-11,13H,4-5,9H2,1-3H3,(H,21,22,23);5-6,9-11H,7-8H2,1-4H3,(H,20,21,22);5-10H,4H2,1-3H3,(H2,16,18). The third-order valence-electron chi connectivity index (χ3n) is 10.9. The normalized spacial score (nSPS) is 12.0. The number of aromatic nitrogens is 6. The van der Waals surface area contributed by atoms with Crippen LogP contribution in [-0.4, -0.2) is 68.3 Å². The summed E-state index contributed by atoms with van der Waals surface area (Å²) in [5, 5.41) is 6.38. The van der Waals surface area contributed by atoms with Crippen LogP contribution in [0, 0.1) is 17.6 Å². The minimum Gasteiger partial charge on any atom is -0.384 e. The number of ether oxygens (including phenoxy) is 1. The monoisotopic (exact) mass is 900 g/mol. The van der Waals surface area contributed by atoms with Gasteiger partial charge in [0.25, 0.3) is 0 Å². The summed E-state index contributed by atoms with van der Waals surface area (Å²) in [7, 11) is 1.63. The summed E-state index contributed by atoms with van der Waals surface area (Å²) in [6, 6.07) is 17.1. The molecule has 348 valence electrons. The Morgan fingerprint density at radius 2 is 1.18 bits per heavy atom. The summed E-state index contributed by atoms with van der Waals surface area (Å²) in [4.78, 5) is 49.9. The van der Waals surface area contributed by atoms with Crippen LogP contribution in [0.2, 0.25) is 0 Å². The first-order valence-corrected chi connectivity index (χ1v) is 22.5. The first-order chi connectivity index (χ1) is 31.5. The van der Waals surface area contributed by atoms with Crippen molar-refractivity contribution >= 4 is 29.3 Å². The number of carbonyl (C=O) groups is 2. The highest BCUT2D eigenvalue weighted by molar-refractivity contribution is 5.96. The maximum absolute atomic E-state index is 13.8. The lowest BCUT2D eigenvalue weighted by Crippen LogP contribution is -2.12. The van der Waals surface area contributed by atoms with E-state index in [4.69, 9.17) is 10.5 Å². The van der Waals surface area contributed by atoms with Crippen LogP contribution < -0.4 is 16.4 Å². The van der Waals surface area contributed by atoms with Gasteiger partial charge in [-0.1, -0.05) is 60.6 Å². The number of carbonyl (C=O) groups excluding carboxylic acids is 2. The molecule has 0 unspecified atom stereocenters. The van der Waals surface area contributed by atoms with Crippen molar-refractivity contribution in [3.8, 4) is 33.4 Å². The lowest BCUT2D eigenvalue weighted by Gasteiger charge is -2.14. The van der Waals surface area contributed by atoms with E-state index in [1.54, 1.807) is 43.8 Å². The van der Waals surface area contributed by atoms with E-state index in [0.29, 0.717) is 36.8 Å². The maximum Gasteiger partial charge on any atom is 0.222 e. The number of nitrogen functional groups attached to an aromatic ring is 1. The van der Waals surface area contributed by atoms with Crippen LogP contribution in [0.25, 0.3) is 33.4 Å². The molecule has 12 nitrogen and oxygen atoms in total. The number of benzene rings is 2. The average Bonchev–Trinajstić information content (AvgIpc) is 4.14. The SMILES string of the molecule is CC(=O)c1cc(-c2cnc(NCC3CC3)nc2C(C)C)ccc1F.CCc1cc(-c2ccc(N)nc2C(C)C)ccn1.COCCNc1ncc(-c2ccc(F)c(C(C)=O)c2)c(C(C)C)n1. The molecule has 7 rings (SSSR count). The molecule has 66 heavy (non-hydrogen) atoms. The summed E-state index contributed by atoms with van der Waals surface area (Å²) in [6.45, 7) is 19.3. The molecule has 4 N–H and O–H groups in total. The van der Waals surface area contributed by atoms with Crippen molar-refractivity contribution in [2.24, 2.45) is 5.92 Å². The van der Waals surface area contributed by atoms with Crippen molar-refractivity contribution in [1.29, 1.82) is 0 Å². The summed E-state index contributed by atoms with van der Waals surface area (Å²) in [5.41, 5.74) is 15.3. The molecule has 0 atom stereocenters. The number of pyridine rings is 2. The van der Waals surface area contributed by atoms with Crippen LogP contribution >= 0.6 is 0 Å². The Labute approximate surface area is 387 Å². The number of anilines is 3. The molecular formula is C52H63F2N9O3. The molecule has 0 radical (unpaired) electrons. The Bertz CT molecular complexity index is 2610. The lowest BCUT2D eigenvalue weighted by molar-refractivity contribution is 0.100. The first kappa shape index (κ1) is 50.5. The summed E-state index contributed by atoms with van der Waals surface area (Å²) in [5.74, 6) is 1.55. The van der Waals surface area contributed by atoms with Gasteiger partial charge in [-0.2, -0.15) is 0 Å². The van der Waals surface area contributed by atoms with Gasteiger partial charge in [-0.15, -0.1) is 0 Å². The molecule has 1 aliphatic carbocycles.